The Morgan fingerprint density at radius 1 is 1.46 bits per heavy atom. The summed E-state index contributed by atoms with van der Waals surface area (Å²) in [5.41, 5.74) is 4.46. The number of nitro benzene ring substituents is 1. The third-order valence-corrected chi connectivity index (χ3v) is 6.82. The predicted molar refractivity (Wildman–Crippen MR) is 88.3 cm³/mol. The molecule has 0 amide bonds. The van der Waals surface area contributed by atoms with E-state index in [1.165, 1.54) is 4.31 Å². The molecule has 0 bridgehead atoms. The molecule has 0 saturated carbocycles. The van der Waals surface area contributed by atoms with E-state index in [4.69, 9.17) is 5.73 Å². The van der Waals surface area contributed by atoms with Crippen LogP contribution in [0.25, 0.3) is 0 Å². The molecular weight excluding hydrogens is 337 g/mol. The fourth-order valence-electron chi connectivity index (χ4n) is 3.06. The molecule has 10 heteroatoms. The lowest BCUT2D eigenvalue weighted by molar-refractivity contribution is -0.385. The predicted octanol–water partition coefficient (Wildman–Crippen LogP) is 1.76. The van der Waals surface area contributed by atoms with Crippen LogP contribution in [0.15, 0.2) is 27.6 Å². The lowest BCUT2D eigenvalue weighted by Gasteiger charge is -2.38. The summed E-state index contributed by atoms with van der Waals surface area (Å²) in [5.74, 6) is -0.672. The number of benzene rings is 1. The number of hydrogen-bond acceptors (Lipinski definition) is 6. The fraction of sp³-hybridized carbons (Fsp3) is 0.500. The Morgan fingerprint density at radius 2 is 2.21 bits per heavy atom. The molecule has 3 rings (SSSR count). The molecule has 0 aromatic heterocycles. The standard InChI is InChI=1S/C14H18FN5O3S/c1-14(11-8-10(20(21)22)4-5-12(11)15)9-24(23)17-6-2-3-7-19(24)13(16)18-14/h4-5,8H,2-3,6-7,9H2,1H3,(H2,16,18)/t14-,24+/m0/s1. The van der Waals surface area contributed by atoms with Crippen LogP contribution in [-0.2, 0) is 15.5 Å². The number of rotatable bonds is 2. The summed E-state index contributed by atoms with van der Waals surface area (Å²) in [5, 5.41) is 11.0. The number of halogens is 1. The molecule has 8 nitrogen and oxygen atoms in total. The second-order valence-electron chi connectivity index (χ2n) is 6.08. The fourth-order valence-corrected chi connectivity index (χ4v) is 5.56. The highest BCUT2D eigenvalue weighted by atomic mass is 32.2. The van der Waals surface area contributed by atoms with E-state index in [9.17, 15) is 18.7 Å². The van der Waals surface area contributed by atoms with E-state index in [-0.39, 0.29) is 23.0 Å². The molecule has 0 unspecified atom stereocenters. The molecule has 2 heterocycles. The Hall–Kier alpha value is -2.23. The quantitative estimate of drug-likeness (QED) is 0.643. The maximum atomic E-state index is 14.3. The van der Waals surface area contributed by atoms with E-state index in [2.05, 4.69) is 9.36 Å². The van der Waals surface area contributed by atoms with Crippen molar-refractivity contribution < 1.29 is 13.5 Å². The summed E-state index contributed by atoms with van der Waals surface area (Å²) in [7, 11) is -2.86. The Balaban J connectivity index is 2.16. The van der Waals surface area contributed by atoms with Gasteiger partial charge in [-0.05, 0) is 25.8 Å². The van der Waals surface area contributed by atoms with Gasteiger partial charge >= 0.3 is 0 Å². The maximum Gasteiger partial charge on any atom is 0.270 e. The van der Waals surface area contributed by atoms with Crippen LogP contribution >= 0.6 is 0 Å². The van der Waals surface area contributed by atoms with Crippen molar-refractivity contribution in [1.82, 2.24) is 4.31 Å². The topological polar surface area (TPSA) is 114 Å². The molecule has 2 atom stereocenters. The number of nitrogens with two attached hydrogens (primary N) is 1. The van der Waals surface area contributed by atoms with Gasteiger partial charge in [0.1, 0.15) is 21.3 Å². The van der Waals surface area contributed by atoms with Gasteiger partial charge in [-0.25, -0.2) is 18.0 Å². The van der Waals surface area contributed by atoms with Crippen LogP contribution in [0.4, 0.5) is 10.1 Å². The van der Waals surface area contributed by atoms with Gasteiger partial charge in [0, 0.05) is 24.2 Å². The normalized spacial score (nSPS) is 29.9. The smallest absolute Gasteiger partial charge is 0.270 e. The van der Waals surface area contributed by atoms with Crippen molar-refractivity contribution in [2.75, 3.05) is 18.8 Å². The average Bonchev–Trinajstić information content (AvgIpc) is 2.68. The lowest BCUT2D eigenvalue weighted by Crippen LogP contribution is -2.52. The van der Waals surface area contributed by atoms with E-state index in [1.807, 2.05) is 0 Å². The third-order valence-electron chi connectivity index (χ3n) is 4.23. The molecule has 0 fully saturated rings. The van der Waals surface area contributed by atoms with Gasteiger partial charge in [-0.2, -0.15) is 0 Å². The average molecular weight is 355 g/mol. The highest BCUT2D eigenvalue weighted by Crippen LogP contribution is 2.36. The second-order valence-corrected chi connectivity index (χ2v) is 8.28. The SMILES string of the molecule is C[C@@]1(c2cc([N+](=O)[O-])ccc2F)C[S@@]2(=O)=NCCCCN2C(N)=N1. The lowest BCUT2D eigenvalue weighted by atomic mass is 9.93. The Bertz CT molecular complexity index is 849. The first-order chi connectivity index (χ1) is 11.3. The van der Waals surface area contributed by atoms with Gasteiger partial charge in [0.15, 0.2) is 0 Å². The minimum atomic E-state index is -2.86. The van der Waals surface area contributed by atoms with Crippen molar-refractivity contribution in [3.8, 4) is 0 Å². The molecule has 130 valence electrons. The van der Waals surface area contributed by atoms with E-state index in [0.29, 0.717) is 13.1 Å². The number of fused-ring (bicyclic) bond motifs is 1. The van der Waals surface area contributed by atoms with Crippen LogP contribution in [0.3, 0.4) is 0 Å². The molecule has 0 aliphatic carbocycles. The first kappa shape index (κ1) is 16.6. The minimum absolute atomic E-state index is 0.00136. The summed E-state index contributed by atoms with van der Waals surface area (Å²) >= 11 is 0. The van der Waals surface area contributed by atoms with Crippen molar-refractivity contribution >= 4 is 21.6 Å². The van der Waals surface area contributed by atoms with E-state index < -0.39 is 26.2 Å². The summed E-state index contributed by atoms with van der Waals surface area (Å²) < 4.78 is 33.4. The number of nitrogens with zero attached hydrogens (tertiary/aromatic N) is 4. The summed E-state index contributed by atoms with van der Waals surface area (Å²) in [6, 6.07) is 3.23. The number of guanidine groups is 1. The van der Waals surface area contributed by atoms with Crippen molar-refractivity contribution in [3.63, 3.8) is 0 Å². The van der Waals surface area contributed by atoms with Gasteiger partial charge in [0.2, 0.25) is 5.96 Å². The Morgan fingerprint density at radius 3 is 2.92 bits per heavy atom. The number of hydrogen-bond donors (Lipinski definition) is 1. The third kappa shape index (κ3) is 2.70. The largest absolute Gasteiger partial charge is 0.369 e. The Kier molecular flexibility index (Phi) is 3.94. The summed E-state index contributed by atoms with van der Waals surface area (Å²) in [6.45, 7) is 2.49. The number of aliphatic imine (C=N–C) groups is 1. The van der Waals surface area contributed by atoms with Gasteiger partial charge in [-0.1, -0.05) is 0 Å². The van der Waals surface area contributed by atoms with Crippen molar-refractivity contribution in [3.05, 3.63) is 39.7 Å². The zero-order valence-electron chi connectivity index (χ0n) is 13.1. The van der Waals surface area contributed by atoms with E-state index in [1.54, 1.807) is 6.92 Å². The Labute approximate surface area is 139 Å². The number of nitro groups is 1. The molecular formula is C14H18FN5O3S. The molecule has 1 aromatic rings. The van der Waals surface area contributed by atoms with Crippen molar-refractivity contribution in [2.45, 2.75) is 25.3 Å². The van der Waals surface area contributed by atoms with Crippen molar-refractivity contribution in [2.24, 2.45) is 15.1 Å². The summed E-state index contributed by atoms with van der Waals surface area (Å²) in [6.07, 6.45) is 1.58. The monoisotopic (exact) mass is 355 g/mol. The maximum absolute atomic E-state index is 14.3. The highest BCUT2D eigenvalue weighted by molar-refractivity contribution is 7.92. The van der Waals surface area contributed by atoms with Crippen LogP contribution in [0.1, 0.15) is 25.3 Å². The van der Waals surface area contributed by atoms with Gasteiger partial charge in [0.05, 0.1) is 17.2 Å². The highest BCUT2D eigenvalue weighted by Gasteiger charge is 2.42. The molecule has 2 aliphatic heterocycles. The van der Waals surface area contributed by atoms with E-state index >= 15 is 0 Å². The van der Waals surface area contributed by atoms with Gasteiger partial charge in [-0.15, -0.1) is 0 Å². The first-order valence-corrected chi connectivity index (χ1v) is 9.17. The van der Waals surface area contributed by atoms with Crippen LogP contribution in [0, 0.1) is 15.9 Å². The van der Waals surface area contributed by atoms with Gasteiger partial charge < -0.3 is 5.73 Å². The van der Waals surface area contributed by atoms with E-state index in [0.717, 1.165) is 31.0 Å². The van der Waals surface area contributed by atoms with Crippen LogP contribution in [-0.4, -0.2) is 38.2 Å². The number of non-ortho nitro benzene ring substituents is 1. The van der Waals surface area contributed by atoms with Crippen LogP contribution in [0.2, 0.25) is 0 Å². The van der Waals surface area contributed by atoms with Crippen LogP contribution in [0.5, 0.6) is 0 Å². The molecule has 0 radical (unpaired) electrons. The zero-order chi connectivity index (χ0) is 17.5. The van der Waals surface area contributed by atoms with Gasteiger partial charge in [-0.3, -0.25) is 14.4 Å². The minimum Gasteiger partial charge on any atom is -0.369 e. The molecule has 2 aliphatic rings. The van der Waals surface area contributed by atoms with Crippen LogP contribution < -0.4 is 5.73 Å². The second kappa shape index (κ2) is 5.69. The molecule has 2 N–H and O–H groups in total. The zero-order valence-corrected chi connectivity index (χ0v) is 14.0. The first-order valence-electron chi connectivity index (χ1n) is 7.53. The molecule has 0 saturated heterocycles. The van der Waals surface area contributed by atoms with Gasteiger partial charge in [0.25, 0.3) is 5.69 Å². The molecule has 24 heavy (non-hydrogen) atoms. The summed E-state index contributed by atoms with van der Waals surface area (Å²) in [4.78, 5) is 14.7. The molecule has 1 aromatic carbocycles. The van der Waals surface area contributed by atoms with Crippen molar-refractivity contribution in [1.29, 1.82) is 0 Å². The molecule has 0 spiro atoms.